The van der Waals surface area contributed by atoms with Crippen molar-refractivity contribution in [2.45, 2.75) is 19.4 Å². The van der Waals surface area contributed by atoms with Crippen molar-refractivity contribution in [2.75, 3.05) is 0 Å². The van der Waals surface area contributed by atoms with Gasteiger partial charge in [-0.1, -0.05) is 30.3 Å². The number of nitrogens with zero attached hydrogens (tertiary/aromatic N) is 1. The van der Waals surface area contributed by atoms with Crippen molar-refractivity contribution < 1.29 is 4.79 Å². The number of amides is 1. The van der Waals surface area contributed by atoms with Crippen LogP contribution in [0.15, 0.2) is 42.9 Å². The standard InChI is InChI=1S/C13H15N3O/c1-10(11-5-3-2-4-6-11)16-13(17)7-12-8-14-9-15-12/h2-6,8-10H,7H2,1H3,(H,14,15)(H,16,17). The molecule has 1 atom stereocenters. The Morgan fingerprint density at radius 1 is 1.41 bits per heavy atom. The molecule has 4 heteroatoms. The molecule has 0 spiro atoms. The second-order valence-corrected chi connectivity index (χ2v) is 3.95. The van der Waals surface area contributed by atoms with Crippen LogP contribution in [0.3, 0.4) is 0 Å². The predicted molar refractivity (Wildman–Crippen MR) is 65.3 cm³/mol. The number of hydrogen-bond donors (Lipinski definition) is 2. The first-order valence-electron chi connectivity index (χ1n) is 5.57. The number of benzene rings is 1. The predicted octanol–water partition coefficient (Wildman–Crippen LogP) is 1.83. The Hall–Kier alpha value is -2.10. The van der Waals surface area contributed by atoms with E-state index in [1.165, 1.54) is 0 Å². The highest BCUT2D eigenvalue weighted by atomic mass is 16.1. The molecule has 0 aliphatic carbocycles. The van der Waals surface area contributed by atoms with Gasteiger partial charge >= 0.3 is 0 Å². The summed E-state index contributed by atoms with van der Waals surface area (Å²) < 4.78 is 0. The van der Waals surface area contributed by atoms with Crippen molar-refractivity contribution in [1.29, 1.82) is 0 Å². The highest BCUT2D eigenvalue weighted by molar-refractivity contribution is 5.78. The van der Waals surface area contributed by atoms with Gasteiger partial charge < -0.3 is 10.3 Å². The molecule has 1 unspecified atom stereocenters. The molecule has 1 aromatic carbocycles. The molecular formula is C13H15N3O. The van der Waals surface area contributed by atoms with Gasteiger partial charge in [0.1, 0.15) is 0 Å². The topological polar surface area (TPSA) is 57.8 Å². The van der Waals surface area contributed by atoms with Crippen LogP contribution in [0, 0.1) is 0 Å². The monoisotopic (exact) mass is 229 g/mol. The molecule has 0 fully saturated rings. The molecule has 2 aromatic rings. The van der Waals surface area contributed by atoms with Crippen LogP contribution in [0.1, 0.15) is 24.2 Å². The maximum atomic E-state index is 11.7. The van der Waals surface area contributed by atoms with Crippen LogP contribution in [0.25, 0.3) is 0 Å². The fourth-order valence-corrected chi connectivity index (χ4v) is 1.67. The van der Waals surface area contributed by atoms with Gasteiger partial charge in [0, 0.05) is 11.9 Å². The highest BCUT2D eigenvalue weighted by Crippen LogP contribution is 2.11. The molecule has 0 saturated carbocycles. The number of aromatic nitrogens is 2. The smallest absolute Gasteiger partial charge is 0.226 e. The van der Waals surface area contributed by atoms with Crippen molar-refractivity contribution >= 4 is 5.91 Å². The minimum Gasteiger partial charge on any atom is -0.349 e. The maximum Gasteiger partial charge on any atom is 0.226 e. The zero-order valence-corrected chi connectivity index (χ0v) is 9.68. The van der Waals surface area contributed by atoms with E-state index in [2.05, 4.69) is 15.3 Å². The number of hydrogen-bond acceptors (Lipinski definition) is 2. The average molecular weight is 229 g/mol. The Labute approximate surface area is 100 Å². The number of carbonyl (C=O) groups excluding carboxylic acids is 1. The largest absolute Gasteiger partial charge is 0.349 e. The van der Waals surface area contributed by atoms with E-state index in [1.54, 1.807) is 12.5 Å². The molecule has 0 aliphatic heterocycles. The minimum absolute atomic E-state index is 0.00870. The summed E-state index contributed by atoms with van der Waals surface area (Å²) in [5, 5.41) is 2.95. The molecule has 2 N–H and O–H groups in total. The number of H-pyrrole nitrogens is 1. The summed E-state index contributed by atoms with van der Waals surface area (Å²) in [4.78, 5) is 18.5. The van der Waals surface area contributed by atoms with E-state index in [4.69, 9.17) is 0 Å². The zero-order valence-electron chi connectivity index (χ0n) is 9.68. The van der Waals surface area contributed by atoms with Gasteiger partial charge in [-0.3, -0.25) is 4.79 Å². The molecule has 1 amide bonds. The third kappa shape index (κ3) is 3.17. The van der Waals surface area contributed by atoms with E-state index < -0.39 is 0 Å². The molecule has 4 nitrogen and oxygen atoms in total. The average Bonchev–Trinajstić information content (AvgIpc) is 2.82. The number of rotatable bonds is 4. The van der Waals surface area contributed by atoms with Gasteiger partial charge in [-0.2, -0.15) is 0 Å². The van der Waals surface area contributed by atoms with Gasteiger partial charge in [-0.05, 0) is 12.5 Å². The first-order chi connectivity index (χ1) is 8.25. The normalized spacial score (nSPS) is 12.1. The summed E-state index contributed by atoms with van der Waals surface area (Å²) in [6, 6.07) is 9.91. The molecule has 1 heterocycles. The lowest BCUT2D eigenvalue weighted by Gasteiger charge is -2.13. The van der Waals surface area contributed by atoms with Gasteiger partial charge in [0.05, 0.1) is 18.8 Å². The fraction of sp³-hybridized carbons (Fsp3) is 0.231. The van der Waals surface area contributed by atoms with Gasteiger partial charge in [0.25, 0.3) is 0 Å². The Bertz CT molecular complexity index is 465. The van der Waals surface area contributed by atoms with E-state index in [1.807, 2.05) is 37.3 Å². The number of carbonyl (C=O) groups is 1. The minimum atomic E-state index is -0.00870. The van der Waals surface area contributed by atoms with E-state index in [0.29, 0.717) is 6.42 Å². The van der Waals surface area contributed by atoms with Gasteiger partial charge in [0.15, 0.2) is 0 Å². The summed E-state index contributed by atoms with van der Waals surface area (Å²) in [6.07, 6.45) is 3.56. The van der Waals surface area contributed by atoms with Crippen LogP contribution in [0.2, 0.25) is 0 Å². The second-order valence-electron chi connectivity index (χ2n) is 3.95. The summed E-state index contributed by atoms with van der Waals surface area (Å²) in [6.45, 7) is 1.97. The van der Waals surface area contributed by atoms with E-state index in [0.717, 1.165) is 11.3 Å². The van der Waals surface area contributed by atoms with Gasteiger partial charge in [0.2, 0.25) is 5.91 Å². The van der Waals surface area contributed by atoms with Crippen molar-refractivity contribution in [3.05, 3.63) is 54.1 Å². The van der Waals surface area contributed by atoms with Gasteiger partial charge in [-0.15, -0.1) is 0 Å². The van der Waals surface area contributed by atoms with Crippen molar-refractivity contribution in [3.8, 4) is 0 Å². The van der Waals surface area contributed by atoms with E-state index >= 15 is 0 Å². The number of aromatic amines is 1. The lowest BCUT2D eigenvalue weighted by Crippen LogP contribution is -2.28. The molecule has 1 aromatic heterocycles. The first-order valence-corrected chi connectivity index (χ1v) is 5.57. The molecular weight excluding hydrogens is 214 g/mol. The Kier molecular flexibility index (Phi) is 3.55. The molecule has 88 valence electrons. The maximum absolute atomic E-state index is 11.7. The fourth-order valence-electron chi connectivity index (χ4n) is 1.67. The van der Waals surface area contributed by atoms with Crippen LogP contribution in [0.4, 0.5) is 0 Å². The lowest BCUT2D eigenvalue weighted by molar-refractivity contribution is -0.121. The Morgan fingerprint density at radius 3 is 2.82 bits per heavy atom. The highest BCUT2D eigenvalue weighted by Gasteiger charge is 2.09. The van der Waals surface area contributed by atoms with Crippen LogP contribution in [-0.2, 0) is 11.2 Å². The molecule has 17 heavy (non-hydrogen) atoms. The van der Waals surface area contributed by atoms with Crippen LogP contribution in [0.5, 0.6) is 0 Å². The third-order valence-electron chi connectivity index (χ3n) is 2.58. The first kappa shape index (κ1) is 11.4. The molecule has 2 rings (SSSR count). The van der Waals surface area contributed by atoms with Crippen molar-refractivity contribution in [3.63, 3.8) is 0 Å². The van der Waals surface area contributed by atoms with Crippen molar-refractivity contribution in [2.24, 2.45) is 0 Å². The lowest BCUT2D eigenvalue weighted by atomic mass is 10.1. The Balaban J connectivity index is 1.91. The van der Waals surface area contributed by atoms with Crippen molar-refractivity contribution in [1.82, 2.24) is 15.3 Å². The summed E-state index contributed by atoms with van der Waals surface area (Å²) in [5.41, 5.74) is 1.92. The molecule has 0 radical (unpaired) electrons. The molecule has 0 aliphatic rings. The summed E-state index contributed by atoms with van der Waals surface area (Å²) in [7, 11) is 0. The van der Waals surface area contributed by atoms with Gasteiger partial charge in [-0.25, -0.2) is 4.98 Å². The molecule has 0 saturated heterocycles. The second kappa shape index (κ2) is 5.30. The van der Waals surface area contributed by atoms with Crippen LogP contribution >= 0.6 is 0 Å². The number of imidazole rings is 1. The number of nitrogens with one attached hydrogen (secondary N) is 2. The molecule has 0 bridgehead atoms. The van der Waals surface area contributed by atoms with E-state index in [9.17, 15) is 4.79 Å². The van der Waals surface area contributed by atoms with Crippen LogP contribution in [-0.4, -0.2) is 15.9 Å². The zero-order chi connectivity index (χ0) is 12.1. The third-order valence-corrected chi connectivity index (χ3v) is 2.58. The summed E-state index contributed by atoms with van der Waals surface area (Å²) in [5.74, 6) is -0.00870. The summed E-state index contributed by atoms with van der Waals surface area (Å²) >= 11 is 0. The quantitative estimate of drug-likeness (QED) is 0.840. The van der Waals surface area contributed by atoms with E-state index in [-0.39, 0.29) is 11.9 Å². The van der Waals surface area contributed by atoms with Crippen LogP contribution < -0.4 is 5.32 Å². The SMILES string of the molecule is CC(NC(=O)Cc1cnc[nH]1)c1ccccc1. The Morgan fingerprint density at radius 2 is 2.18 bits per heavy atom.